The summed E-state index contributed by atoms with van der Waals surface area (Å²) in [7, 11) is 0. The topological polar surface area (TPSA) is 123 Å². The smallest absolute Gasteiger partial charge is 0.300 e. The third-order valence-corrected chi connectivity index (χ3v) is 3.41. The highest BCUT2D eigenvalue weighted by molar-refractivity contribution is 5.91. The third-order valence-electron chi connectivity index (χ3n) is 3.41. The number of carbonyl (C=O) groups excluding carboxylic acids is 1. The second-order valence-electron chi connectivity index (χ2n) is 4.75. The van der Waals surface area contributed by atoms with Gasteiger partial charge in [-0.25, -0.2) is 10.5 Å². The largest absolute Gasteiger partial charge is 0.456 e. The highest BCUT2D eigenvalue weighted by Crippen LogP contribution is 2.15. The Kier molecular flexibility index (Phi) is 3.81. The van der Waals surface area contributed by atoms with Crippen molar-refractivity contribution < 1.29 is 9.21 Å². The molecule has 2 aromatic heterocycles. The van der Waals surface area contributed by atoms with E-state index in [1.165, 1.54) is 10.7 Å². The predicted octanol–water partition coefficient (Wildman–Crippen LogP) is -0.293. The third kappa shape index (κ3) is 2.65. The number of furan rings is 1. The Morgan fingerprint density at radius 2 is 2.00 bits per heavy atom. The maximum atomic E-state index is 12.1. The zero-order valence-corrected chi connectivity index (χ0v) is 11.9. The molecule has 4 N–H and O–H groups in total. The van der Waals surface area contributed by atoms with Crippen LogP contribution >= 0.6 is 0 Å². The molecule has 112 valence electrons. The van der Waals surface area contributed by atoms with E-state index in [9.17, 15) is 14.4 Å². The molecule has 2 heterocycles. The van der Waals surface area contributed by atoms with E-state index in [0.29, 0.717) is 22.5 Å². The van der Waals surface area contributed by atoms with Crippen LogP contribution in [-0.4, -0.2) is 15.7 Å². The first-order valence-electron chi connectivity index (χ1n) is 6.25. The monoisotopic (exact) mass is 292 g/mol. The van der Waals surface area contributed by atoms with Crippen molar-refractivity contribution in [1.82, 2.24) is 15.2 Å². The van der Waals surface area contributed by atoms with E-state index in [4.69, 9.17) is 10.3 Å². The van der Waals surface area contributed by atoms with Gasteiger partial charge in [0.1, 0.15) is 5.76 Å². The fourth-order valence-corrected chi connectivity index (χ4v) is 1.93. The van der Waals surface area contributed by atoms with Crippen LogP contribution in [-0.2, 0) is 6.54 Å². The Balaban J connectivity index is 2.44. The van der Waals surface area contributed by atoms with Gasteiger partial charge in [-0.15, -0.1) is 0 Å². The molecule has 0 radical (unpaired) electrons. The lowest BCUT2D eigenvalue weighted by Crippen LogP contribution is -2.33. The molecule has 0 fully saturated rings. The minimum absolute atomic E-state index is 0.0456. The number of aryl methyl sites for hydroxylation is 1. The first kappa shape index (κ1) is 14.8. The van der Waals surface area contributed by atoms with Gasteiger partial charge in [-0.05, 0) is 26.8 Å². The summed E-state index contributed by atoms with van der Waals surface area (Å²) < 4.78 is 6.45. The summed E-state index contributed by atoms with van der Waals surface area (Å²) in [5, 5.41) is 2.49. The van der Waals surface area contributed by atoms with E-state index < -0.39 is 5.91 Å². The van der Waals surface area contributed by atoms with E-state index >= 15 is 0 Å². The molecule has 1 amide bonds. The van der Waals surface area contributed by atoms with Gasteiger partial charge in [0.2, 0.25) is 0 Å². The van der Waals surface area contributed by atoms with Gasteiger partial charge < -0.3 is 4.42 Å². The van der Waals surface area contributed by atoms with Crippen LogP contribution < -0.4 is 22.4 Å². The van der Waals surface area contributed by atoms with Crippen LogP contribution in [0.4, 0.5) is 0 Å². The minimum atomic E-state index is -0.565. The number of aromatic amines is 1. The van der Waals surface area contributed by atoms with Gasteiger partial charge in [0, 0.05) is 16.7 Å². The number of rotatable bonds is 3. The number of amides is 1. The molecule has 0 aliphatic heterocycles. The molecule has 0 aromatic carbocycles. The first-order valence-corrected chi connectivity index (χ1v) is 6.25. The Labute approximate surface area is 119 Å². The van der Waals surface area contributed by atoms with Gasteiger partial charge in [0.15, 0.2) is 5.76 Å². The number of hydrogen-bond acceptors (Lipinski definition) is 5. The van der Waals surface area contributed by atoms with Crippen LogP contribution in [0.3, 0.4) is 0 Å². The molecule has 21 heavy (non-hydrogen) atoms. The summed E-state index contributed by atoms with van der Waals surface area (Å²) in [5.74, 6) is 4.99. The van der Waals surface area contributed by atoms with Crippen LogP contribution in [0.5, 0.6) is 0 Å². The van der Waals surface area contributed by atoms with E-state index in [0.717, 1.165) is 0 Å². The number of carbonyl (C=O) groups is 1. The Morgan fingerprint density at radius 1 is 1.33 bits per heavy atom. The first-order chi connectivity index (χ1) is 9.85. The number of aromatic nitrogens is 2. The van der Waals surface area contributed by atoms with Crippen molar-refractivity contribution in [3.63, 3.8) is 0 Å². The average Bonchev–Trinajstić information content (AvgIpc) is 2.82. The molecule has 0 saturated carbocycles. The van der Waals surface area contributed by atoms with Gasteiger partial charge in [0.05, 0.1) is 6.54 Å². The van der Waals surface area contributed by atoms with Crippen molar-refractivity contribution in [2.24, 2.45) is 5.84 Å². The fraction of sp³-hybridized carbons (Fsp3) is 0.308. The molecule has 0 bridgehead atoms. The van der Waals surface area contributed by atoms with Crippen LogP contribution in [0.2, 0.25) is 0 Å². The lowest BCUT2D eigenvalue weighted by molar-refractivity contribution is 0.0924. The molecule has 0 saturated heterocycles. The summed E-state index contributed by atoms with van der Waals surface area (Å²) in [6.45, 7) is 4.95. The number of nitrogens with zero attached hydrogens (tertiary/aromatic N) is 1. The van der Waals surface area contributed by atoms with Crippen molar-refractivity contribution in [2.75, 3.05) is 0 Å². The van der Waals surface area contributed by atoms with Gasteiger partial charge in [-0.2, -0.15) is 0 Å². The van der Waals surface area contributed by atoms with Crippen LogP contribution in [0, 0.1) is 20.8 Å². The number of nitrogens with one attached hydrogen (secondary N) is 2. The number of hydrogen-bond donors (Lipinski definition) is 3. The van der Waals surface area contributed by atoms with Crippen molar-refractivity contribution in [2.45, 2.75) is 27.3 Å². The van der Waals surface area contributed by atoms with Gasteiger partial charge in [0.25, 0.3) is 11.1 Å². The van der Waals surface area contributed by atoms with Crippen molar-refractivity contribution >= 4 is 5.91 Å². The maximum Gasteiger partial charge on any atom is 0.300 e. The molecule has 8 heteroatoms. The summed E-state index contributed by atoms with van der Waals surface area (Å²) in [6, 6.07) is 1.48. The number of H-pyrrole nitrogens is 1. The van der Waals surface area contributed by atoms with Crippen LogP contribution in [0.1, 0.15) is 33.0 Å². The predicted molar refractivity (Wildman–Crippen MR) is 75.0 cm³/mol. The normalized spacial score (nSPS) is 10.7. The molecule has 0 aliphatic carbocycles. The molecule has 0 aliphatic rings. The lowest BCUT2D eigenvalue weighted by Gasteiger charge is -2.07. The number of nitrogens with two attached hydrogens (primary N) is 1. The van der Waals surface area contributed by atoms with Crippen LogP contribution in [0.15, 0.2) is 20.1 Å². The highest BCUT2D eigenvalue weighted by Gasteiger charge is 2.15. The van der Waals surface area contributed by atoms with Gasteiger partial charge in [-0.1, -0.05) is 0 Å². The van der Waals surface area contributed by atoms with Gasteiger partial charge >= 0.3 is 5.91 Å². The van der Waals surface area contributed by atoms with E-state index in [1.807, 2.05) is 5.43 Å². The summed E-state index contributed by atoms with van der Waals surface area (Å²) in [4.78, 5) is 35.2. The molecule has 2 aromatic rings. The lowest BCUT2D eigenvalue weighted by atomic mass is 10.2. The molecule has 0 spiro atoms. The Hall–Kier alpha value is -2.61. The molecule has 0 atom stereocenters. The Morgan fingerprint density at radius 3 is 2.62 bits per heavy atom. The van der Waals surface area contributed by atoms with Crippen LogP contribution in [0.25, 0.3) is 0 Å². The van der Waals surface area contributed by atoms with E-state index in [-0.39, 0.29) is 23.4 Å². The molecular formula is C13H16N4O4. The molecule has 8 nitrogen and oxygen atoms in total. The molecule has 2 rings (SSSR count). The fourth-order valence-electron chi connectivity index (χ4n) is 1.93. The summed E-state index contributed by atoms with van der Waals surface area (Å²) in [5.41, 5.74) is 2.73. The quantitative estimate of drug-likeness (QED) is 0.407. The average molecular weight is 292 g/mol. The Bertz CT molecular complexity index is 813. The van der Waals surface area contributed by atoms with E-state index in [2.05, 4.69) is 5.10 Å². The summed E-state index contributed by atoms with van der Waals surface area (Å²) in [6.07, 6.45) is 0. The van der Waals surface area contributed by atoms with Crippen molar-refractivity contribution in [1.29, 1.82) is 0 Å². The summed E-state index contributed by atoms with van der Waals surface area (Å²) >= 11 is 0. The maximum absolute atomic E-state index is 12.1. The van der Waals surface area contributed by atoms with Crippen molar-refractivity contribution in [3.05, 3.63) is 55.0 Å². The number of hydrazine groups is 1. The van der Waals surface area contributed by atoms with Gasteiger partial charge in [-0.3, -0.25) is 24.9 Å². The zero-order valence-electron chi connectivity index (χ0n) is 11.9. The van der Waals surface area contributed by atoms with E-state index in [1.54, 1.807) is 20.8 Å². The second-order valence-corrected chi connectivity index (χ2v) is 4.75. The molecule has 0 unspecified atom stereocenters. The second kappa shape index (κ2) is 5.41. The highest BCUT2D eigenvalue weighted by atomic mass is 16.4. The minimum Gasteiger partial charge on any atom is -0.456 e. The number of nitrogen functional groups attached to an aromatic ring is 1. The SMILES string of the molecule is Cc1oc(C(=O)NN)cc1Cn1[nH]c(=O)c(C)c(C)c1=O. The standard InChI is InChI=1S/C13H16N4O4/c1-6-7(2)13(20)17(16-11(6)18)5-9-4-10(12(19)15-14)21-8(9)3/h4H,5,14H2,1-3H3,(H,15,19)(H,16,18). The zero-order chi connectivity index (χ0) is 15.7. The van der Waals surface area contributed by atoms with Crippen molar-refractivity contribution in [3.8, 4) is 0 Å². The molecular weight excluding hydrogens is 276 g/mol.